The molecule has 2 aliphatic heterocycles. The van der Waals surface area contributed by atoms with Gasteiger partial charge in [0.2, 0.25) is 5.91 Å². The predicted molar refractivity (Wildman–Crippen MR) is 121 cm³/mol. The van der Waals surface area contributed by atoms with Crippen molar-refractivity contribution >= 4 is 5.91 Å². The van der Waals surface area contributed by atoms with E-state index in [1.54, 1.807) is 7.11 Å². The SMILES string of the molecule is COCC(=O)N1CCCCN2[C@H](CO)[C@H](c3ccc(C#Cc4ccccc4)cc3)[C@H]2C1. The van der Waals surface area contributed by atoms with E-state index in [0.29, 0.717) is 6.54 Å². The first-order valence-electron chi connectivity index (χ1n) is 11.0. The number of hydrogen-bond acceptors (Lipinski definition) is 4. The minimum Gasteiger partial charge on any atom is -0.395 e. The second kappa shape index (κ2) is 10.1. The van der Waals surface area contributed by atoms with Crippen LogP contribution in [0.2, 0.25) is 0 Å². The summed E-state index contributed by atoms with van der Waals surface area (Å²) in [6.07, 6.45) is 2.01. The van der Waals surface area contributed by atoms with E-state index in [4.69, 9.17) is 4.74 Å². The smallest absolute Gasteiger partial charge is 0.248 e. The van der Waals surface area contributed by atoms with Crippen LogP contribution in [-0.2, 0) is 9.53 Å². The summed E-state index contributed by atoms with van der Waals surface area (Å²) in [7, 11) is 1.56. The number of ether oxygens (including phenoxy) is 1. The van der Waals surface area contributed by atoms with Gasteiger partial charge in [-0.15, -0.1) is 0 Å². The van der Waals surface area contributed by atoms with Crippen molar-refractivity contribution in [2.75, 3.05) is 40.0 Å². The quantitative estimate of drug-likeness (QED) is 0.776. The Bertz CT molecular complexity index is 933. The maximum atomic E-state index is 12.5. The largest absolute Gasteiger partial charge is 0.395 e. The van der Waals surface area contributed by atoms with E-state index >= 15 is 0 Å². The van der Waals surface area contributed by atoms with Gasteiger partial charge in [0.05, 0.1) is 6.61 Å². The van der Waals surface area contributed by atoms with Gasteiger partial charge in [-0.1, -0.05) is 42.2 Å². The standard InChI is InChI=1S/C26H30N2O3/c1-31-19-25(30)27-15-5-6-16-28-23(17-27)26(24(28)18-29)22-13-11-21(12-14-22)10-9-20-7-3-2-4-8-20/h2-4,7-8,11-14,23-24,26,29H,5-6,15-19H2,1H3/t23-,24-,26-/m1/s1. The van der Waals surface area contributed by atoms with Gasteiger partial charge in [-0.25, -0.2) is 0 Å². The monoisotopic (exact) mass is 418 g/mol. The topological polar surface area (TPSA) is 53.0 Å². The number of carbonyl (C=O) groups excluding carboxylic acids is 1. The van der Waals surface area contributed by atoms with E-state index in [1.807, 2.05) is 35.2 Å². The Balaban J connectivity index is 1.51. The van der Waals surface area contributed by atoms with Crippen molar-refractivity contribution in [1.29, 1.82) is 0 Å². The number of carbonyl (C=O) groups is 1. The lowest BCUT2D eigenvalue weighted by Gasteiger charge is -2.57. The lowest BCUT2D eigenvalue weighted by molar-refractivity contribution is -0.140. The molecule has 1 N–H and O–H groups in total. The normalized spacial score (nSPS) is 23.5. The fourth-order valence-electron chi connectivity index (χ4n) is 4.84. The van der Waals surface area contributed by atoms with E-state index in [0.717, 1.165) is 37.1 Å². The molecule has 0 aliphatic carbocycles. The number of aliphatic hydroxyl groups excluding tert-OH is 1. The van der Waals surface area contributed by atoms with Gasteiger partial charge in [-0.3, -0.25) is 9.69 Å². The Labute approximate surface area is 184 Å². The van der Waals surface area contributed by atoms with Crippen molar-refractivity contribution in [2.24, 2.45) is 0 Å². The molecule has 0 unspecified atom stereocenters. The molecular weight excluding hydrogens is 388 g/mol. The van der Waals surface area contributed by atoms with Crippen molar-refractivity contribution in [3.05, 3.63) is 71.3 Å². The Kier molecular flexibility index (Phi) is 7.03. The molecule has 5 nitrogen and oxygen atoms in total. The fourth-order valence-corrected chi connectivity index (χ4v) is 4.84. The van der Waals surface area contributed by atoms with Crippen LogP contribution in [0.4, 0.5) is 0 Å². The molecule has 0 saturated carbocycles. The Morgan fingerprint density at radius 1 is 1.03 bits per heavy atom. The summed E-state index contributed by atoms with van der Waals surface area (Å²) in [6, 6.07) is 18.6. The highest BCUT2D eigenvalue weighted by Gasteiger charge is 2.49. The number of amides is 1. The van der Waals surface area contributed by atoms with Crippen LogP contribution < -0.4 is 0 Å². The van der Waals surface area contributed by atoms with E-state index in [2.05, 4.69) is 41.0 Å². The molecule has 0 radical (unpaired) electrons. The summed E-state index contributed by atoms with van der Waals surface area (Å²) >= 11 is 0. The summed E-state index contributed by atoms with van der Waals surface area (Å²) in [6.45, 7) is 2.67. The van der Waals surface area contributed by atoms with Crippen LogP contribution in [0.25, 0.3) is 0 Å². The number of hydrogen-bond donors (Lipinski definition) is 1. The highest BCUT2D eigenvalue weighted by Crippen LogP contribution is 2.41. The molecule has 0 bridgehead atoms. The summed E-state index contributed by atoms with van der Waals surface area (Å²) in [5, 5.41) is 10.1. The van der Waals surface area contributed by atoms with Crippen LogP contribution in [0.5, 0.6) is 0 Å². The lowest BCUT2D eigenvalue weighted by atomic mass is 9.74. The third-order valence-electron chi connectivity index (χ3n) is 6.41. The zero-order chi connectivity index (χ0) is 21.6. The van der Waals surface area contributed by atoms with Crippen molar-refractivity contribution < 1.29 is 14.6 Å². The molecule has 2 fully saturated rings. The first-order valence-corrected chi connectivity index (χ1v) is 11.0. The number of aliphatic hydroxyl groups is 1. The number of nitrogens with zero attached hydrogens (tertiary/aromatic N) is 2. The molecule has 31 heavy (non-hydrogen) atoms. The molecule has 1 amide bonds. The predicted octanol–water partition coefficient (Wildman–Crippen LogP) is 2.48. The molecule has 2 aliphatic rings. The van der Waals surface area contributed by atoms with Crippen molar-refractivity contribution in [2.45, 2.75) is 30.8 Å². The molecule has 5 heteroatoms. The number of methoxy groups -OCH3 is 1. The third-order valence-corrected chi connectivity index (χ3v) is 6.41. The molecule has 2 saturated heterocycles. The van der Waals surface area contributed by atoms with Gasteiger partial charge in [-0.05, 0) is 49.2 Å². The molecule has 162 valence electrons. The Morgan fingerprint density at radius 3 is 2.39 bits per heavy atom. The van der Waals surface area contributed by atoms with Crippen LogP contribution in [0, 0.1) is 11.8 Å². The maximum absolute atomic E-state index is 12.5. The summed E-state index contributed by atoms with van der Waals surface area (Å²) in [5.41, 5.74) is 3.17. The molecule has 0 spiro atoms. The molecule has 4 rings (SSSR count). The number of rotatable bonds is 4. The second-order valence-electron chi connectivity index (χ2n) is 8.30. The minimum absolute atomic E-state index is 0.0436. The van der Waals surface area contributed by atoms with E-state index in [9.17, 15) is 9.90 Å². The molecule has 2 aromatic carbocycles. The molecule has 0 aromatic heterocycles. The highest BCUT2D eigenvalue weighted by molar-refractivity contribution is 5.77. The lowest BCUT2D eigenvalue weighted by Crippen LogP contribution is -2.68. The van der Waals surface area contributed by atoms with Crippen LogP contribution in [0.15, 0.2) is 54.6 Å². The average Bonchev–Trinajstić information content (AvgIpc) is 2.78. The van der Waals surface area contributed by atoms with Gasteiger partial charge in [-0.2, -0.15) is 0 Å². The van der Waals surface area contributed by atoms with Crippen molar-refractivity contribution in [3.8, 4) is 11.8 Å². The summed E-state index contributed by atoms with van der Waals surface area (Å²) in [5.74, 6) is 6.67. The van der Waals surface area contributed by atoms with Crippen LogP contribution in [0.3, 0.4) is 0 Å². The second-order valence-corrected chi connectivity index (χ2v) is 8.30. The van der Waals surface area contributed by atoms with Crippen molar-refractivity contribution in [1.82, 2.24) is 9.80 Å². The van der Waals surface area contributed by atoms with Gasteiger partial charge >= 0.3 is 0 Å². The van der Waals surface area contributed by atoms with Gasteiger partial charge in [0.25, 0.3) is 0 Å². The summed E-state index contributed by atoms with van der Waals surface area (Å²) < 4.78 is 5.07. The Morgan fingerprint density at radius 2 is 1.71 bits per heavy atom. The fraction of sp³-hybridized carbons (Fsp3) is 0.423. The highest BCUT2D eigenvalue weighted by atomic mass is 16.5. The molecule has 2 aromatic rings. The molecule has 2 heterocycles. The van der Waals surface area contributed by atoms with Crippen LogP contribution in [0.1, 0.15) is 35.4 Å². The average molecular weight is 419 g/mol. The van der Waals surface area contributed by atoms with Gasteiger partial charge < -0.3 is 14.7 Å². The van der Waals surface area contributed by atoms with E-state index in [-0.39, 0.29) is 37.1 Å². The van der Waals surface area contributed by atoms with Gasteiger partial charge in [0.1, 0.15) is 6.61 Å². The number of fused-ring (bicyclic) bond motifs is 1. The summed E-state index contributed by atoms with van der Waals surface area (Å²) in [4.78, 5) is 16.8. The van der Waals surface area contributed by atoms with Crippen LogP contribution in [-0.4, -0.2) is 72.9 Å². The van der Waals surface area contributed by atoms with E-state index < -0.39 is 0 Å². The van der Waals surface area contributed by atoms with E-state index in [1.165, 1.54) is 5.56 Å². The maximum Gasteiger partial charge on any atom is 0.248 e. The number of benzene rings is 2. The molecular formula is C26H30N2O3. The zero-order valence-corrected chi connectivity index (χ0v) is 18.0. The van der Waals surface area contributed by atoms with Gasteiger partial charge in [0.15, 0.2) is 0 Å². The Hall–Kier alpha value is -2.65. The molecule has 3 atom stereocenters. The first-order chi connectivity index (χ1) is 15.2. The third kappa shape index (κ3) is 4.83. The van der Waals surface area contributed by atoms with Crippen LogP contribution >= 0.6 is 0 Å². The first kappa shape index (κ1) is 21.6. The van der Waals surface area contributed by atoms with Crippen molar-refractivity contribution in [3.63, 3.8) is 0 Å². The van der Waals surface area contributed by atoms with Gasteiger partial charge in [0, 0.05) is 49.3 Å². The zero-order valence-electron chi connectivity index (χ0n) is 18.0. The minimum atomic E-state index is 0.0436.